The van der Waals surface area contributed by atoms with Crippen LogP contribution in [0.15, 0.2) is 59.3 Å². The first kappa shape index (κ1) is 12.6. The standard InChI is InChI=1S/C15H16O3/c1-17-14-8-7-12(10-15(16)18-2)11-5-3-4-6-13(14)9-11/h3-8,10,14H,9H2,1-2H3/b12-10+. The Morgan fingerprint density at radius 3 is 2.83 bits per heavy atom. The first-order valence-electron chi connectivity index (χ1n) is 5.82. The van der Waals surface area contributed by atoms with Gasteiger partial charge in [0, 0.05) is 13.2 Å². The van der Waals surface area contributed by atoms with Crippen molar-refractivity contribution in [3.05, 3.63) is 59.3 Å². The van der Waals surface area contributed by atoms with Crippen molar-refractivity contribution in [2.75, 3.05) is 14.2 Å². The van der Waals surface area contributed by atoms with E-state index < -0.39 is 0 Å². The van der Waals surface area contributed by atoms with Crippen LogP contribution in [0.1, 0.15) is 6.42 Å². The molecule has 2 bridgehead atoms. The molecule has 0 aromatic rings. The molecule has 0 N–H and O–H groups in total. The summed E-state index contributed by atoms with van der Waals surface area (Å²) in [6.45, 7) is 0. The molecule has 0 amide bonds. The summed E-state index contributed by atoms with van der Waals surface area (Å²) in [4.78, 5) is 11.4. The van der Waals surface area contributed by atoms with Crippen LogP contribution in [0.3, 0.4) is 0 Å². The lowest BCUT2D eigenvalue weighted by Gasteiger charge is -2.13. The van der Waals surface area contributed by atoms with Crippen LogP contribution in [-0.4, -0.2) is 26.3 Å². The van der Waals surface area contributed by atoms with Gasteiger partial charge in [-0.1, -0.05) is 36.5 Å². The topological polar surface area (TPSA) is 35.5 Å². The van der Waals surface area contributed by atoms with Gasteiger partial charge in [-0.3, -0.25) is 0 Å². The van der Waals surface area contributed by atoms with E-state index in [-0.39, 0.29) is 12.1 Å². The van der Waals surface area contributed by atoms with Crippen LogP contribution in [0.4, 0.5) is 0 Å². The number of fused-ring (bicyclic) bond motifs is 2. The molecule has 94 valence electrons. The fourth-order valence-corrected chi connectivity index (χ4v) is 2.06. The van der Waals surface area contributed by atoms with Crippen LogP contribution < -0.4 is 0 Å². The number of ether oxygens (including phenoxy) is 2. The summed E-state index contributed by atoms with van der Waals surface area (Å²) >= 11 is 0. The predicted octanol–water partition coefficient (Wildman–Crippen LogP) is 2.48. The highest BCUT2D eigenvalue weighted by molar-refractivity contribution is 5.84. The van der Waals surface area contributed by atoms with Crippen LogP contribution >= 0.6 is 0 Å². The average Bonchev–Trinajstić information content (AvgIpc) is 2.72. The number of hydrogen-bond acceptors (Lipinski definition) is 3. The van der Waals surface area contributed by atoms with Crippen LogP contribution in [0.25, 0.3) is 0 Å². The normalized spacial score (nSPS) is 24.1. The summed E-state index contributed by atoms with van der Waals surface area (Å²) in [6.07, 6.45) is 14.2. The fourth-order valence-electron chi connectivity index (χ4n) is 2.06. The van der Waals surface area contributed by atoms with E-state index in [4.69, 9.17) is 4.74 Å². The second-order valence-corrected chi connectivity index (χ2v) is 4.13. The third kappa shape index (κ3) is 2.68. The van der Waals surface area contributed by atoms with Gasteiger partial charge in [0.05, 0.1) is 13.2 Å². The molecule has 2 aliphatic carbocycles. The second kappa shape index (κ2) is 5.65. The van der Waals surface area contributed by atoms with Gasteiger partial charge in [0.1, 0.15) is 0 Å². The minimum absolute atomic E-state index is 0.0419. The van der Waals surface area contributed by atoms with Gasteiger partial charge in [0.25, 0.3) is 0 Å². The van der Waals surface area contributed by atoms with Crippen molar-refractivity contribution < 1.29 is 14.3 Å². The summed E-state index contributed by atoms with van der Waals surface area (Å²) in [5, 5.41) is 0. The van der Waals surface area contributed by atoms with E-state index in [0.717, 1.165) is 17.6 Å². The number of allylic oxidation sites excluding steroid dienone is 7. The maximum absolute atomic E-state index is 11.4. The quantitative estimate of drug-likeness (QED) is 0.553. The number of carbonyl (C=O) groups is 1. The molecule has 0 saturated heterocycles. The summed E-state index contributed by atoms with van der Waals surface area (Å²) in [6, 6.07) is 0. The van der Waals surface area contributed by atoms with E-state index >= 15 is 0 Å². The van der Waals surface area contributed by atoms with Crippen LogP contribution in [0, 0.1) is 0 Å². The zero-order valence-electron chi connectivity index (χ0n) is 10.6. The van der Waals surface area contributed by atoms with Crippen molar-refractivity contribution in [3.8, 4) is 0 Å². The highest BCUT2D eigenvalue weighted by atomic mass is 16.5. The van der Waals surface area contributed by atoms with Gasteiger partial charge in [0.15, 0.2) is 0 Å². The molecular weight excluding hydrogens is 228 g/mol. The molecular formula is C15H16O3. The molecule has 0 saturated carbocycles. The number of rotatable bonds is 2. The van der Waals surface area contributed by atoms with Gasteiger partial charge in [-0.05, 0) is 23.1 Å². The Bertz CT molecular complexity index is 490. The summed E-state index contributed by atoms with van der Waals surface area (Å²) in [7, 11) is 3.06. The van der Waals surface area contributed by atoms with Crippen molar-refractivity contribution in [1.82, 2.24) is 0 Å². The van der Waals surface area contributed by atoms with Gasteiger partial charge in [-0.15, -0.1) is 0 Å². The molecule has 0 aromatic heterocycles. The van der Waals surface area contributed by atoms with Crippen molar-refractivity contribution in [2.45, 2.75) is 12.5 Å². The highest BCUT2D eigenvalue weighted by Gasteiger charge is 2.18. The Morgan fingerprint density at radius 2 is 2.11 bits per heavy atom. The molecule has 0 aromatic carbocycles. The Labute approximate surface area is 107 Å². The average molecular weight is 244 g/mol. The molecule has 0 heterocycles. The molecule has 1 unspecified atom stereocenters. The van der Waals surface area contributed by atoms with Crippen LogP contribution in [-0.2, 0) is 14.3 Å². The highest BCUT2D eigenvalue weighted by Crippen LogP contribution is 2.29. The fraction of sp³-hybridized carbons (Fsp3) is 0.267. The Balaban J connectivity index is 2.41. The lowest BCUT2D eigenvalue weighted by atomic mass is 9.99. The second-order valence-electron chi connectivity index (χ2n) is 4.13. The van der Waals surface area contributed by atoms with E-state index in [0.29, 0.717) is 0 Å². The first-order valence-corrected chi connectivity index (χ1v) is 5.82. The molecule has 2 aliphatic rings. The minimum Gasteiger partial charge on any atom is -0.466 e. The van der Waals surface area contributed by atoms with E-state index in [9.17, 15) is 4.79 Å². The Morgan fingerprint density at radius 1 is 1.33 bits per heavy atom. The van der Waals surface area contributed by atoms with Gasteiger partial charge >= 0.3 is 5.97 Å². The van der Waals surface area contributed by atoms with E-state index in [1.165, 1.54) is 18.8 Å². The maximum Gasteiger partial charge on any atom is 0.331 e. The van der Waals surface area contributed by atoms with Crippen molar-refractivity contribution in [3.63, 3.8) is 0 Å². The molecule has 2 rings (SSSR count). The Kier molecular flexibility index (Phi) is 3.95. The predicted molar refractivity (Wildman–Crippen MR) is 70.0 cm³/mol. The van der Waals surface area contributed by atoms with Crippen LogP contribution in [0.5, 0.6) is 0 Å². The molecule has 0 spiro atoms. The largest absolute Gasteiger partial charge is 0.466 e. The van der Waals surface area contributed by atoms with E-state index in [1.54, 1.807) is 7.11 Å². The van der Waals surface area contributed by atoms with Gasteiger partial charge in [-0.25, -0.2) is 4.79 Å². The summed E-state index contributed by atoms with van der Waals surface area (Å²) in [5.74, 6) is -0.342. The number of carbonyl (C=O) groups excluding carboxylic acids is 1. The van der Waals surface area contributed by atoms with Crippen molar-refractivity contribution in [1.29, 1.82) is 0 Å². The lowest BCUT2D eigenvalue weighted by Crippen LogP contribution is -2.09. The van der Waals surface area contributed by atoms with Gasteiger partial charge in [0.2, 0.25) is 0 Å². The molecule has 0 radical (unpaired) electrons. The van der Waals surface area contributed by atoms with Crippen molar-refractivity contribution >= 4 is 5.97 Å². The zero-order valence-corrected chi connectivity index (χ0v) is 10.6. The molecule has 3 heteroatoms. The monoisotopic (exact) mass is 244 g/mol. The molecule has 0 fully saturated rings. The molecule has 1 atom stereocenters. The smallest absolute Gasteiger partial charge is 0.331 e. The molecule has 0 aliphatic heterocycles. The lowest BCUT2D eigenvalue weighted by molar-refractivity contribution is -0.134. The number of hydrogen-bond donors (Lipinski definition) is 0. The van der Waals surface area contributed by atoms with E-state index in [1.807, 2.05) is 30.4 Å². The zero-order chi connectivity index (χ0) is 13.0. The third-order valence-electron chi connectivity index (χ3n) is 3.03. The van der Waals surface area contributed by atoms with Gasteiger partial charge < -0.3 is 9.47 Å². The van der Waals surface area contributed by atoms with Gasteiger partial charge in [-0.2, -0.15) is 0 Å². The molecule has 3 nitrogen and oxygen atoms in total. The number of methoxy groups -OCH3 is 2. The number of esters is 1. The van der Waals surface area contributed by atoms with Crippen LogP contribution in [0.2, 0.25) is 0 Å². The third-order valence-corrected chi connectivity index (χ3v) is 3.03. The SMILES string of the molecule is COC(=O)/C=C1\C=CC(OC)C2=CC=CC=C1C2. The van der Waals surface area contributed by atoms with Crippen molar-refractivity contribution in [2.24, 2.45) is 0 Å². The van der Waals surface area contributed by atoms with E-state index in [2.05, 4.69) is 10.8 Å². The summed E-state index contributed by atoms with van der Waals surface area (Å²) < 4.78 is 10.1. The maximum atomic E-state index is 11.4. The Hall–Kier alpha value is -1.87. The molecule has 18 heavy (non-hydrogen) atoms. The minimum atomic E-state index is -0.342. The first-order chi connectivity index (χ1) is 8.74. The summed E-state index contributed by atoms with van der Waals surface area (Å²) in [5.41, 5.74) is 3.15.